The molecule has 2 rings (SSSR count). The molecule has 1 aromatic carbocycles. The predicted molar refractivity (Wildman–Crippen MR) is 90.9 cm³/mol. The van der Waals surface area contributed by atoms with Crippen molar-refractivity contribution in [2.75, 3.05) is 6.54 Å². The third kappa shape index (κ3) is 4.38. The second-order valence-corrected chi connectivity index (χ2v) is 7.38. The highest BCUT2D eigenvalue weighted by Gasteiger charge is 2.14. The first kappa shape index (κ1) is 16.1. The average Bonchev–Trinajstić information content (AvgIpc) is 2.83. The first-order valence-electron chi connectivity index (χ1n) is 6.51. The van der Waals surface area contributed by atoms with Gasteiger partial charge in [0.1, 0.15) is 5.82 Å². The van der Waals surface area contributed by atoms with Gasteiger partial charge >= 0.3 is 0 Å². The Morgan fingerprint density at radius 2 is 2.10 bits per heavy atom. The first-order chi connectivity index (χ1) is 9.60. The van der Waals surface area contributed by atoms with E-state index < -0.39 is 0 Å². The molecule has 1 aromatic heterocycles. The zero-order valence-electron chi connectivity index (χ0n) is 11.1. The molecule has 5 heteroatoms. The van der Waals surface area contributed by atoms with Crippen LogP contribution in [-0.4, -0.2) is 6.54 Å². The topological polar surface area (TPSA) is 12.0 Å². The second kappa shape index (κ2) is 7.69. The lowest BCUT2D eigenvalue weighted by molar-refractivity contribution is 0.526. The minimum atomic E-state index is -0.210. The van der Waals surface area contributed by atoms with E-state index in [0.29, 0.717) is 4.47 Å². The summed E-state index contributed by atoms with van der Waals surface area (Å²) in [5.74, 6) is -0.210. The summed E-state index contributed by atoms with van der Waals surface area (Å²) in [6, 6.07) is 7.63. The Bertz CT molecular complexity index is 571. The van der Waals surface area contributed by atoms with Crippen molar-refractivity contribution in [1.29, 1.82) is 0 Å². The number of benzene rings is 1. The number of rotatable bonds is 6. The molecule has 0 aliphatic heterocycles. The zero-order chi connectivity index (χ0) is 14.5. The Morgan fingerprint density at radius 1 is 1.30 bits per heavy atom. The van der Waals surface area contributed by atoms with E-state index >= 15 is 0 Å². The van der Waals surface area contributed by atoms with E-state index in [-0.39, 0.29) is 11.9 Å². The van der Waals surface area contributed by atoms with Gasteiger partial charge in [-0.05, 0) is 68.6 Å². The van der Waals surface area contributed by atoms with Gasteiger partial charge in [-0.2, -0.15) is 0 Å². The van der Waals surface area contributed by atoms with Crippen molar-refractivity contribution in [2.45, 2.75) is 25.8 Å². The molecule has 1 heterocycles. The average molecular weight is 421 g/mol. The van der Waals surface area contributed by atoms with E-state index in [2.05, 4.69) is 55.5 Å². The number of hydrogen-bond donors (Lipinski definition) is 1. The lowest BCUT2D eigenvalue weighted by atomic mass is 10.0. The molecule has 0 aliphatic rings. The Kier molecular flexibility index (Phi) is 6.20. The van der Waals surface area contributed by atoms with Gasteiger partial charge in [-0.15, -0.1) is 11.3 Å². The van der Waals surface area contributed by atoms with Crippen LogP contribution >= 0.6 is 43.2 Å². The van der Waals surface area contributed by atoms with Gasteiger partial charge in [0.2, 0.25) is 0 Å². The molecule has 0 amide bonds. The maximum atomic E-state index is 13.7. The predicted octanol–water partition coefficient (Wildman–Crippen LogP) is 5.70. The molecule has 108 valence electrons. The number of nitrogens with one attached hydrogen (secondary N) is 1. The third-order valence-electron chi connectivity index (χ3n) is 3.01. The van der Waals surface area contributed by atoms with E-state index in [4.69, 9.17) is 0 Å². The number of hydrogen-bond acceptors (Lipinski definition) is 2. The van der Waals surface area contributed by atoms with Crippen LogP contribution in [0.15, 0.2) is 38.6 Å². The fourth-order valence-corrected chi connectivity index (χ4v) is 3.76. The van der Waals surface area contributed by atoms with Crippen molar-refractivity contribution in [1.82, 2.24) is 5.32 Å². The minimum absolute atomic E-state index is 0.142. The summed E-state index contributed by atoms with van der Waals surface area (Å²) in [4.78, 5) is 1.29. The second-order valence-electron chi connectivity index (χ2n) is 4.62. The van der Waals surface area contributed by atoms with Crippen LogP contribution in [0.2, 0.25) is 0 Å². The van der Waals surface area contributed by atoms with Crippen LogP contribution in [0.3, 0.4) is 0 Å². The van der Waals surface area contributed by atoms with Crippen molar-refractivity contribution in [3.63, 3.8) is 0 Å². The Labute approximate surface area is 139 Å². The fourth-order valence-electron chi connectivity index (χ4n) is 2.02. The van der Waals surface area contributed by atoms with Crippen LogP contribution in [0.25, 0.3) is 0 Å². The third-order valence-corrected chi connectivity index (χ3v) is 5.38. The maximum Gasteiger partial charge on any atom is 0.137 e. The molecular weight excluding hydrogens is 405 g/mol. The van der Waals surface area contributed by atoms with Gasteiger partial charge in [0.15, 0.2) is 0 Å². The highest BCUT2D eigenvalue weighted by molar-refractivity contribution is 9.10. The van der Waals surface area contributed by atoms with E-state index in [1.165, 1.54) is 4.88 Å². The quantitative estimate of drug-likeness (QED) is 0.632. The van der Waals surface area contributed by atoms with Crippen molar-refractivity contribution in [3.8, 4) is 0 Å². The van der Waals surface area contributed by atoms with Crippen molar-refractivity contribution >= 4 is 43.2 Å². The molecule has 0 aliphatic carbocycles. The molecule has 0 fully saturated rings. The van der Waals surface area contributed by atoms with Crippen LogP contribution in [-0.2, 0) is 6.42 Å². The monoisotopic (exact) mass is 419 g/mol. The Hall–Kier alpha value is -0.230. The normalized spacial score (nSPS) is 12.6. The molecule has 0 bridgehead atoms. The summed E-state index contributed by atoms with van der Waals surface area (Å²) in [6.07, 6.45) is 1.93. The lowest BCUT2D eigenvalue weighted by Gasteiger charge is -2.18. The smallest absolute Gasteiger partial charge is 0.137 e. The van der Waals surface area contributed by atoms with Gasteiger partial charge in [0.25, 0.3) is 0 Å². The summed E-state index contributed by atoms with van der Waals surface area (Å²) >= 11 is 8.40. The van der Waals surface area contributed by atoms with Gasteiger partial charge in [-0.25, -0.2) is 4.39 Å². The summed E-state index contributed by atoms with van der Waals surface area (Å²) < 4.78 is 15.3. The maximum absolute atomic E-state index is 13.7. The SMILES string of the molecule is CCCNC(Cc1cc(Br)cs1)c1ccc(Br)c(F)c1. The van der Waals surface area contributed by atoms with Gasteiger partial charge in [0.05, 0.1) is 4.47 Å². The van der Waals surface area contributed by atoms with Gasteiger partial charge < -0.3 is 5.32 Å². The van der Waals surface area contributed by atoms with Crippen LogP contribution in [0, 0.1) is 5.82 Å². The largest absolute Gasteiger partial charge is 0.310 e. The van der Waals surface area contributed by atoms with Crippen molar-refractivity contribution < 1.29 is 4.39 Å². The van der Waals surface area contributed by atoms with Gasteiger partial charge in [-0.1, -0.05) is 13.0 Å². The molecule has 20 heavy (non-hydrogen) atoms. The van der Waals surface area contributed by atoms with Crippen LogP contribution in [0.5, 0.6) is 0 Å². The molecule has 0 saturated heterocycles. The first-order valence-corrected chi connectivity index (χ1v) is 8.98. The summed E-state index contributed by atoms with van der Waals surface area (Å²) in [5, 5.41) is 5.58. The molecule has 1 N–H and O–H groups in total. The molecule has 1 unspecified atom stereocenters. The summed E-state index contributed by atoms with van der Waals surface area (Å²) in [5.41, 5.74) is 0.990. The molecular formula is C15H16Br2FNS. The molecule has 2 aromatic rings. The zero-order valence-corrected chi connectivity index (χ0v) is 15.1. The molecule has 0 radical (unpaired) electrons. The standard InChI is InChI=1S/C15H16Br2FNS/c1-2-5-19-15(8-12-7-11(16)9-20-12)10-3-4-13(17)14(18)6-10/h3-4,6-7,9,15,19H,2,5,8H2,1H3. The lowest BCUT2D eigenvalue weighted by Crippen LogP contribution is -2.24. The molecule has 1 atom stereocenters. The summed E-state index contributed by atoms with van der Waals surface area (Å²) in [7, 11) is 0. The number of thiophene rings is 1. The Morgan fingerprint density at radius 3 is 2.70 bits per heavy atom. The van der Waals surface area contributed by atoms with E-state index in [9.17, 15) is 4.39 Å². The van der Waals surface area contributed by atoms with Crippen molar-refractivity contribution in [3.05, 3.63) is 54.8 Å². The van der Waals surface area contributed by atoms with Gasteiger partial charge in [-0.3, -0.25) is 0 Å². The number of halogens is 3. The highest BCUT2D eigenvalue weighted by Crippen LogP contribution is 2.27. The molecule has 1 nitrogen and oxygen atoms in total. The fraction of sp³-hybridized carbons (Fsp3) is 0.333. The van der Waals surface area contributed by atoms with Gasteiger partial charge in [0, 0.05) is 27.2 Å². The highest BCUT2D eigenvalue weighted by atomic mass is 79.9. The van der Waals surface area contributed by atoms with Crippen molar-refractivity contribution in [2.24, 2.45) is 0 Å². The molecule has 0 spiro atoms. The van der Waals surface area contributed by atoms with E-state index in [1.54, 1.807) is 23.5 Å². The van der Waals surface area contributed by atoms with Crippen LogP contribution in [0.1, 0.15) is 29.8 Å². The molecule has 0 saturated carbocycles. The summed E-state index contributed by atoms with van der Waals surface area (Å²) in [6.45, 7) is 3.06. The van der Waals surface area contributed by atoms with Crippen LogP contribution < -0.4 is 5.32 Å². The van der Waals surface area contributed by atoms with E-state index in [0.717, 1.165) is 29.4 Å². The van der Waals surface area contributed by atoms with Crippen LogP contribution in [0.4, 0.5) is 4.39 Å². The Balaban J connectivity index is 2.19. The minimum Gasteiger partial charge on any atom is -0.310 e. The van der Waals surface area contributed by atoms with E-state index in [1.807, 2.05) is 6.07 Å².